The molecule has 1 aromatic heterocycles. The fourth-order valence-corrected chi connectivity index (χ4v) is 2.06. The molecule has 17 heavy (non-hydrogen) atoms. The van der Waals surface area contributed by atoms with Crippen LogP contribution >= 0.6 is 11.8 Å². The Hall–Kier alpha value is -1.32. The lowest BCUT2D eigenvalue weighted by Crippen LogP contribution is -2.36. The van der Waals surface area contributed by atoms with Crippen LogP contribution in [-0.2, 0) is 0 Å². The topological polar surface area (TPSA) is 81.8 Å². The predicted octanol–water partition coefficient (Wildman–Crippen LogP) is 1.18. The van der Waals surface area contributed by atoms with Gasteiger partial charge in [-0.15, -0.1) is 0 Å². The first-order chi connectivity index (χ1) is 7.96. The maximum Gasteiger partial charge on any atom is 0.224 e. The van der Waals surface area contributed by atoms with Gasteiger partial charge in [-0.2, -0.15) is 17.0 Å². The Kier molecular flexibility index (Phi) is 4.73. The van der Waals surface area contributed by atoms with E-state index in [9.17, 15) is 5.11 Å². The van der Waals surface area contributed by atoms with Crippen molar-refractivity contribution in [3.05, 3.63) is 17.5 Å². The summed E-state index contributed by atoms with van der Waals surface area (Å²) in [6, 6.07) is 3.59. The van der Waals surface area contributed by atoms with Crippen LogP contribution in [0.1, 0.15) is 18.3 Å². The summed E-state index contributed by atoms with van der Waals surface area (Å²) in [6.45, 7) is 3.90. The molecule has 1 atom stereocenters. The van der Waals surface area contributed by atoms with E-state index in [-0.39, 0.29) is 0 Å². The van der Waals surface area contributed by atoms with Crippen LogP contribution in [0.25, 0.3) is 0 Å². The van der Waals surface area contributed by atoms with Gasteiger partial charge in [0.1, 0.15) is 11.8 Å². The Balaban J connectivity index is 2.70. The number of rotatable bonds is 5. The molecule has 0 radical (unpaired) electrons. The number of hydrogen-bond acceptors (Lipinski definition) is 6. The van der Waals surface area contributed by atoms with Crippen molar-refractivity contribution < 1.29 is 5.11 Å². The van der Waals surface area contributed by atoms with Gasteiger partial charge in [0.25, 0.3) is 0 Å². The number of nitriles is 1. The molecule has 0 spiro atoms. The van der Waals surface area contributed by atoms with Crippen molar-refractivity contribution in [1.82, 2.24) is 9.97 Å². The van der Waals surface area contributed by atoms with Crippen molar-refractivity contribution in [1.29, 1.82) is 5.26 Å². The van der Waals surface area contributed by atoms with Gasteiger partial charge in [-0.05, 0) is 26.2 Å². The average Bonchev–Trinajstić information content (AvgIpc) is 2.26. The van der Waals surface area contributed by atoms with E-state index in [1.165, 1.54) is 0 Å². The molecule has 1 rings (SSSR count). The SMILES string of the molecule is CSCC(C)(O)CNc1nc(C)cc(C#N)n1. The number of nitrogens with one attached hydrogen (secondary N) is 1. The molecule has 2 N–H and O–H groups in total. The van der Waals surface area contributed by atoms with Gasteiger partial charge in [0.2, 0.25) is 5.95 Å². The van der Waals surface area contributed by atoms with E-state index in [1.54, 1.807) is 31.7 Å². The molecule has 1 heterocycles. The monoisotopic (exact) mass is 252 g/mol. The standard InChI is InChI=1S/C11H16N4OS/c1-8-4-9(5-12)15-10(14-8)13-6-11(2,16)7-17-3/h4,16H,6-7H2,1-3H3,(H,13,14,15). The molecule has 0 aliphatic carbocycles. The average molecular weight is 252 g/mol. The van der Waals surface area contributed by atoms with Crippen LogP contribution in [0.2, 0.25) is 0 Å². The molecule has 92 valence electrons. The summed E-state index contributed by atoms with van der Waals surface area (Å²) in [6.07, 6.45) is 1.94. The van der Waals surface area contributed by atoms with Gasteiger partial charge in [0.05, 0.1) is 5.60 Å². The molecule has 0 bridgehead atoms. The lowest BCUT2D eigenvalue weighted by atomic mass is 10.1. The highest BCUT2D eigenvalue weighted by molar-refractivity contribution is 7.98. The van der Waals surface area contributed by atoms with Crippen LogP contribution in [0.3, 0.4) is 0 Å². The van der Waals surface area contributed by atoms with Gasteiger partial charge < -0.3 is 10.4 Å². The predicted molar refractivity (Wildman–Crippen MR) is 69.0 cm³/mol. The zero-order chi connectivity index (χ0) is 12.9. The van der Waals surface area contributed by atoms with Crippen LogP contribution in [0, 0.1) is 18.3 Å². The molecular formula is C11H16N4OS. The Bertz CT molecular complexity index is 428. The molecule has 0 aliphatic rings. The molecule has 6 heteroatoms. The second-order valence-corrected chi connectivity index (χ2v) is 4.98. The van der Waals surface area contributed by atoms with Crippen LogP contribution in [0.4, 0.5) is 5.95 Å². The third-order valence-electron chi connectivity index (χ3n) is 2.05. The van der Waals surface area contributed by atoms with Crippen LogP contribution in [0.15, 0.2) is 6.07 Å². The van der Waals surface area contributed by atoms with E-state index in [0.29, 0.717) is 23.9 Å². The van der Waals surface area contributed by atoms with Crippen molar-refractivity contribution in [2.45, 2.75) is 19.4 Å². The lowest BCUT2D eigenvalue weighted by Gasteiger charge is -2.22. The molecule has 0 fully saturated rings. The normalized spacial score (nSPS) is 13.8. The van der Waals surface area contributed by atoms with E-state index in [1.807, 2.05) is 12.3 Å². The highest BCUT2D eigenvalue weighted by atomic mass is 32.2. The minimum Gasteiger partial charge on any atom is -0.387 e. The number of hydrogen-bond donors (Lipinski definition) is 2. The Morgan fingerprint density at radius 1 is 1.59 bits per heavy atom. The fourth-order valence-electron chi connectivity index (χ4n) is 1.34. The molecular weight excluding hydrogens is 236 g/mol. The largest absolute Gasteiger partial charge is 0.387 e. The molecule has 5 nitrogen and oxygen atoms in total. The first-order valence-electron chi connectivity index (χ1n) is 5.18. The van der Waals surface area contributed by atoms with Crippen LogP contribution in [0.5, 0.6) is 0 Å². The van der Waals surface area contributed by atoms with Crippen LogP contribution in [-0.4, -0.2) is 39.2 Å². The Morgan fingerprint density at radius 2 is 2.29 bits per heavy atom. The van der Waals surface area contributed by atoms with Gasteiger partial charge in [-0.25, -0.2) is 9.97 Å². The van der Waals surface area contributed by atoms with E-state index in [0.717, 1.165) is 5.69 Å². The van der Waals surface area contributed by atoms with E-state index in [2.05, 4.69) is 15.3 Å². The number of aliphatic hydroxyl groups is 1. The van der Waals surface area contributed by atoms with Gasteiger partial charge in [-0.1, -0.05) is 0 Å². The lowest BCUT2D eigenvalue weighted by molar-refractivity contribution is 0.0995. The Labute approximate surface area is 105 Å². The highest BCUT2D eigenvalue weighted by Gasteiger charge is 2.19. The maximum absolute atomic E-state index is 9.97. The molecule has 0 aliphatic heterocycles. The van der Waals surface area contributed by atoms with Crippen molar-refractivity contribution in [2.75, 3.05) is 23.9 Å². The molecule has 1 aromatic rings. The maximum atomic E-state index is 9.97. The third-order valence-corrected chi connectivity index (χ3v) is 2.96. The number of nitrogens with zero attached hydrogens (tertiary/aromatic N) is 3. The summed E-state index contributed by atoms with van der Waals surface area (Å²) in [7, 11) is 0. The van der Waals surface area contributed by atoms with E-state index in [4.69, 9.17) is 5.26 Å². The van der Waals surface area contributed by atoms with E-state index < -0.39 is 5.60 Å². The summed E-state index contributed by atoms with van der Waals surface area (Å²) in [5.74, 6) is 1.000. The first-order valence-corrected chi connectivity index (χ1v) is 6.57. The van der Waals surface area contributed by atoms with Crippen LogP contribution < -0.4 is 5.32 Å². The molecule has 0 amide bonds. The summed E-state index contributed by atoms with van der Waals surface area (Å²) in [5.41, 5.74) is 0.229. The Morgan fingerprint density at radius 3 is 2.88 bits per heavy atom. The quantitative estimate of drug-likeness (QED) is 0.819. The summed E-state index contributed by atoms with van der Waals surface area (Å²) in [5, 5.41) is 21.7. The second-order valence-electron chi connectivity index (χ2n) is 4.11. The number of aromatic nitrogens is 2. The zero-order valence-electron chi connectivity index (χ0n) is 10.2. The first kappa shape index (κ1) is 13.7. The third kappa shape index (κ3) is 4.59. The fraction of sp³-hybridized carbons (Fsp3) is 0.545. The minimum absolute atomic E-state index is 0.324. The summed E-state index contributed by atoms with van der Waals surface area (Å²) >= 11 is 1.57. The van der Waals surface area contributed by atoms with Crippen molar-refractivity contribution in [2.24, 2.45) is 0 Å². The second kappa shape index (κ2) is 5.84. The highest BCUT2D eigenvalue weighted by Crippen LogP contribution is 2.12. The smallest absolute Gasteiger partial charge is 0.224 e. The summed E-state index contributed by atoms with van der Waals surface area (Å²) < 4.78 is 0. The van der Waals surface area contributed by atoms with Gasteiger partial charge in [0, 0.05) is 18.0 Å². The number of thioether (sulfide) groups is 1. The summed E-state index contributed by atoms with van der Waals surface area (Å²) in [4.78, 5) is 8.17. The van der Waals surface area contributed by atoms with E-state index >= 15 is 0 Å². The van der Waals surface area contributed by atoms with Crippen molar-refractivity contribution in [3.63, 3.8) is 0 Å². The number of aryl methyl sites for hydroxylation is 1. The molecule has 0 aromatic carbocycles. The molecule has 0 saturated heterocycles. The van der Waals surface area contributed by atoms with Gasteiger partial charge in [-0.3, -0.25) is 0 Å². The number of anilines is 1. The molecule has 1 unspecified atom stereocenters. The van der Waals surface area contributed by atoms with Gasteiger partial charge in [0.15, 0.2) is 0 Å². The molecule has 0 saturated carbocycles. The minimum atomic E-state index is -0.820. The van der Waals surface area contributed by atoms with Gasteiger partial charge >= 0.3 is 0 Å². The zero-order valence-corrected chi connectivity index (χ0v) is 11.0. The van der Waals surface area contributed by atoms with Crippen molar-refractivity contribution in [3.8, 4) is 6.07 Å². The van der Waals surface area contributed by atoms with Crippen molar-refractivity contribution >= 4 is 17.7 Å².